The first-order valence-corrected chi connectivity index (χ1v) is 8.85. The molecule has 0 saturated carbocycles. The number of pyridine rings is 1. The van der Waals surface area contributed by atoms with E-state index in [2.05, 4.69) is 26.8 Å². The number of carbonyl (C=O) groups excluding carboxylic acids is 1. The first-order valence-electron chi connectivity index (χ1n) is 8.85. The maximum absolute atomic E-state index is 12.5. The van der Waals surface area contributed by atoms with Crippen molar-refractivity contribution in [1.29, 1.82) is 0 Å². The molecule has 6 heteroatoms. The fraction of sp³-hybridized carbons (Fsp3) is 0.474. The van der Waals surface area contributed by atoms with Crippen LogP contribution in [0.4, 0.5) is 5.82 Å². The Bertz CT molecular complexity index is 689. The average Bonchev–Trinajstić information content (AvgIpc) is 2.66. The van der Waals surface area contributed by atoms with E-state index in [4.69, 9.17) is 0 Å². The molecule has 0 spiro atoms. The Labute approximate surface area is 148 Å². The van der Waals surface area contributed by atoms with Crippen LogP contribution in [0.5, 0.6) is 0 Å². The number of hydrogen-bond donors (Lipinski definition) is 0. The lowest BCUT2D eigenvalue weighted by atomic mass is 10.0. The standard InChI is InChI=1S/C19H25N5O/c1-15-4-3-10-24(14-15)18-13-21-17(12-22-18)19(25)23(2)11-7-16-5-8-20-9-6-16/h5-6,8-9,12-13,15H,3-4,7,10-11,14H2,1-2H3. The van der Waals surface area contributed by atoms with Gasteiger partial charge in [-0.25, -0.2) is 9.97 Å². The lowest BCUT2D eigenvalue weighted by Crippen LogP contribution is -2.35. The highest BCUT2D eigenvalue weighted by molar-refractivity contribution is 5.91. The quantitative estimate of drug-likeness (QED) is 0.837. The van der Waals surface area contributed by atoms with Gasteiger partial charge in [-0.05, 0) is 42.9 Å². The van der Waals surface area contributed by atoms with Crippen molar-refractivity contribution < 1.29 is 4.79 Å². The summed E-state index contributed by atoms with van der Waals surface area (Å²) < 4.78 is 0. The van der Waals surface area contributed by atoms with Crippen LogP contribution in [0, 0.1) is 5.92 Å². The van der Waals surface area contributed by atoms with E-state index in [0.29, 0.717) is 18.2 Å². The van der Waals surface area contributed by atoms with Gasteiger partial charge < -0.3 is 9.80 Å². The molecule has 2 aromatic rings. The number of aromatic nitrogens is 3. The van der Waals surface area contributed by atoms with Crippen molar-refractivity contribution in [2.45, 2.75) is 26.2 Å². The van der Waals surface area contributed by atoms with Crippen LogP contribution in [0.1, 0.15) is 35.8 Å². The van der Waals surface area contributed by atoms with Crippen LogP contribution >= 0.6 is 0 Å². The molecule has 1 amide bonds. The molecule has 1 unspecified atom stereocenters. The van der Waals surface area contributed by atoms with Crippen LogP contribution in [0.15, 0.2) is 36.9 Å². The smallest absolute Gasteiger partial charge is 0.273 e. The van der Waals surface area contributed by atoms with E-state index in [1.165, 1.54) is 12.8 Å². The number of hydrogen-bond acceptors (Lipinski definition) is 5. The van der Waals surface area contributed by atoms with Crippen molar-refractivity contribution in [3.05, 3.63) is 48.2 Å². The zero-order valence-corrected chi connectivity index (χ0v) is 14.9. The number of nitrogens with zero attached hydrogens (tertiary/aromatic N) is 5. The first kappa shape index (κ1) is 17.3. The molecular formula is C19H25N5O. The van der Waals surface area contributed by atoms with E-state index in [1.807, 2.05) is 12.1 Å². The fourth-order valence-electron chi connectivity index (χ4n) is 3.14. The van der Waals surface area contributed by atoms with Gasteiger partial charge in [0.15, 0.2) is 0 Å². The molecule has 3 heterocycles. The topological polar surface area (TPSA) is 62.2 Å². The van der Waals surface area contributed by atoms with E-state index < -0.39 is 0 Å². The summed E-state index contributed by atoms with van der Waals surface area (Å²) in [5.41, 5.74) is 1.56. The molecule has 0 bridgehead atoms. The van der Waals surface area contributed by atoms with Gasteiger partial charge in [0, 0.05) is 39.1 Å². The van der Waals surface area contributed by atoms with Crippen molar-refractivity contribution in [2.24, 2.45) is 5.92 Å². The zero-order chi connectivity index (χ0) is 17.6. The van der Waals surface area contributed by atoms with Gasteiger partial charge in [-0.3, -0.25) is 9.78 Å². The highest BCUT2D eigenvalue weighted by Crippen LogP contribution is 2.20. The average molecular weight is 339 g/mol. The molecule has 132 valence electrons. The molecular weight excluding hydrogens is 314 g/mol. The first-order chi connectivity index (χ1) is 12.1. The number of rotatable bonds is 5. The predicted molar refractivity (Wildman–Crippen MR) is 97.5 cm³/mol. The molecule has 1 saturated heterocycles. The molecule has 25 heavy (non-hydrogen) atoms. The molecule has 1 fully saturated rings. The summed E-state index contributed by atoms with van der Waals surface area (Å²) in [6.07, 6.45) is 10.1. The third-order valence-corrected chi connectivity index (χ3v) is 4.67. The maximum Gasteiger partial charge on any atom is 0.273 e. The van der Waals surface area contributed by atoms with Gasteiger partial charge >= 0.3 is 0 Å². The predicted octanol–water partition coefficient (Wildman–Crippen LogP) is 2.42. The minimum absolute atomic E-state index is 0.0971. The van der Waals surface area contributed by atoms with Crippen LogP contribution < -0.4 is 4.90 Å². The minimum atomic E-state index is -0.0971. The molecule has 3 rings (SSSR count). The summed E-state index contributed by atoms with van der Waals surface area (Å²) in [6.45, 7) is 4.91. The number of piperidine rings is 1. The second-order valence-electron chi connectivity index (χ2n) is 6.79. The van der Waals surface area contributed by atoms with Gasteiger partial charge in [-0.15, -0.1) is 0 Å². The Morgan fingerprint density at radius 3 is 2.76 bits per heavy atom. The summed E-state index contributed by atoms with van der Waals surface area (Å²) in [5, 5.41) is 0. The largest absolute Gasteiger partial charge is 0.355 e. The number of amides is 1. The number of carbonyl (C=O) groups is 1. The second-order valence-corrected chi connectivity index (χ2v) is 6.79. The van der Waals surface area contributed by atoms with Gasteiger partial charge in [0.2, 0.25) is 0 Å². The molecule has 0 aromatic carbocycles. The summed E-state index contributed by atoms with van der Waals surface area (Å²) in [4.78, 5) is 29.3. The monoisotopic (exact) mass is 339 g/mol. The van der Waals surface area contributed by atoms with E-state index in [9.17, 15) is 4.79 Å². The summed E-state index contributed by atoms with van der Waals surface area (Å²) in [6, 6.07) is 3.93. The van der Waals surface area contributed by atoms with Crippen LogP contribution in [-0.2, 0) is 6.42 Å². The SMILES string of the molecule is CC1CCCN(c2cnc(C(=O)N(C)CCc3ccncc3)cn2)C1. The number of anilines is 1. The van der Waals surface area contributed by atoms with Gasteiger partial charge in [-0.2, -0.15) is 0 Å². The Morgan fingerprint density at radius 2 is 2.08 bits per heavy atom. The second kappa shape index (κ2) is 8.05. The van der Waals surface area contributed by atoms with Crippen LogP contribution in [0.2, 0.25) is 0 Å². The summed E-state index contributed by atoms with van der Waals surface area (Å²) in [5.74, 6) is 1.44. The Balaban J connectivity index is 1.58. The molecule has 0 N–H and O–H groups in total. The highest BCUT2D eigenvalue weighted by atomic mass is 16.2. The highest BCUT2D eigenvalue weighted by Gasteiger charge is 2.19. The van der Waals surface area contributed by atoms with Gasteiger partial charge in [-0.1, -0.05) is 6.92 Å². The fourth-order valence-corrected chi connectivity index (χ4v) is 3.14. The van der Waals surface area contributed by atoms with Crippen LogP contribution in [0.3, 0.4) is 0 Å². The zero-order valence-electron chi connectivity index (χ0n) is 14.9. The molecule has 6 nitrogen and oxygen atoms in total. The maximum atomic E-state index is 12.5. The third-order valence-electron chi connectivity index (χ3n) is 4.67. The van der Waals surface area contributed by atoms with Crippen molar-refractivity contribution in [3.63, 3.8) is 0 Å². The van der Waals surface area contributed by atoms with E-state index in [-0.39, 0.29) is 5.91 Å². The molecule has 1 atom stereocenters. The van der Waals surface area contributed by atoms with Gasteiger partial charge in [0.25, 0.3) is 5.91 Å². The van der Waals surface area contributed by atoms with E-state index >= 15 is 0 Å². The Kier molecular flexibility index (Phi) is 5.58. The molecule has 0 radical (unpaired) electrons. The molecule has 1 aliphatic heterocycles. The summed E-state index contributed by atoms with van der Waals surface area (Å²) >= 11 is 0. The minimum Gasteiger partial charge on any atom is -0.355 e. The van der Waals surface area contributed by atoms with Crippen LogP contribution in [-0.4, -0.2) is 52.4 Å². The van der Waals surface area contributed by atoms with Gasteiger partial charge in [0.05, 0.1) is 12.4 Å². The lowest BCUT2D eigenvalue weighted by molar-refractivity contribution is 0.0790. The normalized spacial score (nSPS) is 17.4. The van der Waals surface area contributed by atoms with E-state index in [1.54, 1.807) is 36.7 Å². The van der Waals surface area contributed by atoms with E-state index in [0.717, 1.165) is 30.9 Å². The molecule has 2 aromatic heterocycles. The summed E-state index contributed by atoms with van der Waals surface area (Å²) in [7, 11) is 1.80. The third kappa shape index (κ3) is 4.53. The Hall–Kier alpha value is -2.50. The van der Waals surface area contributed by atoms with Crippen LogP contribution in [0.25, 0.3) is 0 Å². The van der Waals surface area contributed by atoms with Crippen molar-refractivity contribution >= 4 is 11.7 Å². The number of likely N-dealkylation sites (N-methyl/N-ethyl adjacent to an activating group) is 1. The molecule has 0 aliphatic carbocycles. The van der Waals surface area contributed by atoms with Crippen molar-refractivity contribution in [1.82, 2.24) is 19.9 Å². The Morgan fingerprint density at radius 1 is 1.28 bits per heavy atom. The van der Waals surface area contributed by atoms with Gasteiger partial charge in [0.1, 0.15) is 11.5 Å². The molecule has 1 aliphatic rings. The van der Waals surface area contributed by atoms with Crippen molar-refractivity contribution in [3.8, 4) is 0 Å². The van der Waals surface area contributed by atoms with Crippen molar-refractivity contribution in [2.75, 3.05) is 31.6 Å². The lowest BCUT2D eigenvalue weighted by Gasteiger charge is -2.31.